The molecule has 6 aliphatic rings. The van der Waals surface area contributed by atoms with Gasteiger partial charge < -0.3 is 24.8 Å². The van der Waals surface area contributed by atoms with E-state index in [1.165, 1.54) is 4.90 Å². The Morgan fingerprint density at radius 1 is 1.17 bits per heavy atom. The Balaban J connectivity index is 1.01. The predicted molar refractivity (Wildman–Crippen MR) is 151 cm³/mol. The van der Waals surface area contributed by atoms with E-state index in [2.05, 4.69) is 20.5 Å². The molecule has 3 atom stereocenters. The van der Waals surface area contributed by atoms with Gasteiger partial charge in [-0.3, -0.25) is 14.9 Å². The largest absolute Gasteiger partial charge is 0.360 e. The monoisotopic (exact) mass is 599 g/mol. The van der Waals surface area contributed by atoms with Crippen LogP contribution in [0.4, 0.5) is 31.9 Å². The summed E-state index contributed by atoms with van der Waals surface area (Å²) in [6.45, 7) is 2.35. The van der Waals surface area contributed by atoms with Crippen LogP contribution in [0.25, 0.3) is 0 Å². The molecule has 2 unspecified atom stereocenters. The van der Waals surface area contributed by atoms with Crippen molar-refractivity contribution >= 4 is 46.6 Å². The smallest absolute Gasteiger partial charge is 0.286 e. The van der Waals surface area contributed by atoms with E-state index in [0.717, 1.165) is 51.9 Å². The number of likely N-dealkylation sites (tertiary alicyclic amines) is 1. The van der Waals surface area contributed by atoms with Crippen LogP contribution in [0.1, 0.15) is 37.3 Å². The molecule has 1 aromatic heterocycles. The first-order valence-corrected chi connectivity index (χ1v) is 15.0. The summed E-state index contributed by atoms with van der Waals surface area (Å²) in [5, 5.41) is 6.74. The van der Waals surface area contributed by atoms with Crippen LogP contribution in [0.15, 0.2) is 24.4 Å². The molecule has 2 N–H and O–H groups in total. The normalized spacial score (nSPS) is 29.3. The molecular weight excluding hydrogens is 568 g/mol. The lowest BCUT2D eigenvalue weighted by Crippen LogP contribution is -2.73. The first kappa shape index (κ1) is 26.5. The van der Waals surface area contributed by atoms with E-state index >= 15 is 0 Å². The second kappa shape index (κ2) is 9.20. The van der Waals surface area contributed by atoms with Gasteiger partial charge in [-0.15, -0.1) is 0 Å². The Bertz CT molecular complexity index is 1470. The van der Waals surface area contributed by atoms with Gasteiger partial charge in [0.05, 0.1) is 18.3 Å². The molecule has 0 bridgehead atoms. The first-order chi connectivity index (χ1) is 20.1. The highest BCUT2D eigenvalue weighted by atomic mass is 35.5. The number of anilines is 4. The number of hydrogen-bond acceptors (Lipinski definition) is 8. The number of alkyl halides is 2. The summed E-state index contributed by atoms with van der Waals surface area (Å²) in [5.74, 6) is -2.05. The molecule has 42 heavy (non-hydrogen) atoms. The number of aromatic nitrogens is 2. The quantitative estimate of drug-likeness (QED) is 0.540. The number of nitrogens with zero attached hydrogens (tertiary/aromatic N) is 5. The molecule has 2 aliphatic carbocycles. The Hall–Kier alpha value is -3.09. The fourth-order valence-corrected chi connectivity index (χ4v) is 7.15. The third-order valence-electron chi connectivity index (χ3n) is 9.58. The Morgan fingerprint density at radius 2 is 1.93 bits per heavy atom. The van der Waals surface area contributed by atoms with Crippen molar-refractivity contribution in [2.75, 3.05) is 55.0 Å². The van der Waals surface area contributed by atoms with Crippen molar-refractivity contribution in [3.05, 3.63) is 35.0 Å². The minimum Gasteiger partial charge on any atom is -0.360 e. The van der Waals surface area contributed by atoms with Crippen molar-refractivity contribution in [3.8, 4) is 0 Å². The number of hydrogen-bond donors (Lipinski definition) is 2. The van der Waals surface area contributed by atoms with E-state index in [1.807, 2.05) is 17.0 Å². The Kier molecular flexibility index (Phi) is 5.81. The fraction of sp³-hybridized carbons (Fsp3) is 0.586. The number of rotatable bonds is 5. The van der Waals surface area contributed by atoms with Crippen LogP contribution in [0.3, 0.4) is 0 Å². The van der Waals surface area contributed by atoms with Gasteiger partial charge in [0.15, 0.2) is 11.9 Å². The number of likely N-dealkylation sites (N-methyl/N-ethyl adjacent to an activating group) is 1. The molecule has 1 spiro atoms. The van der Waals surface area contributed by atoms with Crippen LogP contribution in [-0.4, -0.2) is 84.6 Å². The van der Waals surface area contributed by atoms with E-state index in [4.69, 9.17) is 21.3 Å². The van der Waals surface area contributed by atoms with Crippen LogP contribution in [-0.2, 0) is 14.3 Å². The molecule has 0 radical (unpaired) electrons. The number of nitrogens with one attached hydrogen (secondary N) is 2. The molecular formula is C29H32ClF2N7O3. The average molecular weight is 600 g/mol. The number of ether oxygens (including phenoxy) is 1. The summed E-state index contributed by atoms with van der Waals surface area (Å²) in [7, 11) is 1.63. The molecule has 8 rings (SSSR count). The van der Waals surface area contributed by atoms with E-state index in [0.29, 0.717) is 39.6 Å². The molecule has 5 heterocycles. The summed E-state index contributed by atoms with van der Waals surface area (Å²) < 4.78 is 35.6. The van der Waals surface area contributed by atoms with Gasteiger partial charge in [-0.2, -0.15) is 4.98 Å². The molecule has 3 saturated heterocycles. The van der Waals surface area contributed by atoms with Crippen LogP contribution in [0.5, 0.6) is 0 Å². The van der Waals surface area contributed by atoms with Crippen molar-refractivity contribution in [3.63, 3.8) is 0 Å². The summed E-state index contributed by atoms with van der Waals surface area (Å²) >= 11 is 6.49. The van der Waals surface area contributed by atoms with Crippen molar-refractivity contribution in [2.24, 2.45) is 17.3 Å². The number of carbonyl (C=O) groups is 2. The lowest BCUT2D eigenvalue weighted by molar-refractivity contribution is -0.146. The van der Waals surface area contributed by atoms with Crippen molar-refractivity contribution in [2.45, 2.75) is 49.8 Å². The minimum absolute atomic E-state index is 0.114. The maximum absolute atomic E-state index is 15.0. The predicted octanol–water partition coefficient (Wildman–Crippen LogP) is 3.35. The zero-order valence-corrected chi connectivity index (χ0v) is 23.9. The van der Waals surface area contributed by atoms with Crippen LogP contribution < -0.4 is 20.4 Å². The zero-order chi connectivity index (χ0) is 29.0. The standard InChI is InChI=1S/C29H32ClF2N7O3/c1-37-20-7-6-17(8-18(20)21-22(26(37)41)42-14-29(31,32)23(35-21)15-2-3-15)34-24-19(30)9-33-27(36-24)39-12-28(13-39)10-38(11-28)25(40)16-4-5-16/h6-9,15-16,21-23,35H,2-5,10-14H2,1H3,(H,33,34,36)/t21?,22?,23-/m0/s1. The zero-order valence-electron chi connectivity index (χ0n) is 23.2. The van der Waals surface area contributed by atoms with Gasteiger partial charge in [-0.25, -0.2) is 13.8 Å². The maximum Gasteiger partial charge on any atom is 0.286 e. The van der Waals surface area contributed by atoms with Gasteiger partial charge >= 0.3 is 0 Å². The molecule has 13 heteroatoms. The second-order valence-corrected chi connectivity index (χ2v) is 13.3. The van der Waals surface area contributed by atoms with E-state index in [1.54, 1.807) is 19.3 Å². The van der Waals surface area contributed by atoms with Crippen LogP contribution in [0, 0.1) is 17.3 Å². The summed E-state index contributed by atoms with van der Waals surface area (Å²) in [5.41, 5.74) is 2.09. The first-order valence-electron chi connectivity index (χ1n) is 14.6. The highest BCUT2D eigenvalue weighted by molar-refractivity contribution is 6.32. The summed E-state index contributed by atoms with van der Waals surface area (Å²) in [6.07, 6.45) is 4.01. The Morgan fingerprint density at radius 3 is 2.64 bits per heavy atom. The van der Waals surface area contributed by atoms with Gasteiger partial charge in [0.2, 0.25) is 11.9 Å². The van der Waals surface area contributed by atoms with Gasteiger partial charge in [-0.1, -0.05) is 11.6 Å². The molecule has 1 aromatic carbocycles. The SMILES string of the molecule is CN1C(=O)C2OCC(F)(F)[C@H](C3CC3)NC2c2cc(Nc3nc(N4CC5(CN(C(=O)C6CC6)C5)C4)ncc3Cl)ccc21. The number of carbonyl (C=O) groups excluding carboxylic acids is 2. The molecule has 5 fully saturated rings. The number of amides is 2. The van der Waals surface area contributed by atoms with Crippen molar-refractivity contribution in [1.29, 1.82) is 0 Å². The number of benzene rings is 1. The second-order valence-electron chi connectivity index (χ2n) is 12.9. The average Bonchev–Trinajstić information content (AvgIpc) is 3.82. The molecule has 4 aliphatic heterocycles. The third-order valence-corrected chi connectivity index (χ3v) is 9.86. The van der Waals surface area contributed by atoms with E-state index in [9.17, 15) is 18.4 Å². The van der Waals surface area contributed by atoms with E-state index < -0.39 is 30.7 Å². The van der Waals surface area contributed by atoms with Gasteiger partial charge in [0, 0.05) is 55.9 Å². The van der Waals surface area contributed by atoms with E-state index in [-0.39, 0.29) is 23.2 Å². The molecule has 2 aromatic rings. The molecule has 2 amide bonds. The maximum atomic E-state index is 15.0. The third kappa shape index (κ3) is 4.32. The molecule has 10 nitrogen and oxygen atoms in total. The number of halogens is 3. The Labute approximate surface area is 246 Å². The van der Waals surface area contributed by atoms with Gasteiger partial charge in [0.1, 0.15) is 11.6 Å². The highest BCUT2D eigenvalue weighted by Crippen LogP contribution is 2.47. The lowest BCUT2D eigenvalue weighted by atomic mass is 9.73. The topological polar surface area (TPSA) is 103 Å². The summed E-state index contributed by atoms with van der Waals surface area (Å²) in [6, 6.07) is 3.68. The minimum atomic E-state index is -3.07. The fourth-order valence-electron chi connectivity index (χ4n) is 7.01. The van der Waals surface area contributed by atoms with Crippen molar-refractivity contribution in [1.82, 2.24) is 20.2 Å². The van der Waals surface area contributed by atoms with Crippen LogP contribution in [0.2, 0.25) is 5.02 Å². The van der Waals surface area contributed by atoms with Gasteiger partial charge in [-0.05, 0) is 55.4 Å². The van der Waals surface area contributed by atoms with Crippen LogP contribution >= 0.6 is 11.6 Å². The molecule has 222 valence electrons. The van der Waals surface area contributed by atoms with Crippen molar-refractivity contribution < 1.29 is 23.1 Å². The molecule has 2 saturated carbocycles. The highest BCUT2D eigenvalue weighted by Gasteiger charge is 2.56. The van der Waals surface area contributed by atoms with Gasteiger partial charge in [0.25, 0.3) is 11.8 Å². The summed E-state index contributed by atoms with van der Waals surface area (Å²) in [4.78, 5) is 40.1. The number of fused-ring (bicyclic) bond motifs is 3. The lowest BCUT2D eigenvalue weighted by Gasteiger charge is -2.60.